The van der Waals surface area contributed by atoms with Gasteiger partial charge in [-0.25, -0.2) is 0 Å². The highest BCUT2D eigenvalue weighted by atomic mass is 16.5. The van der Waals surface area contributed by atoms with Gasteiger partial charge < -0.3 is 10.1 Å². The summed E-state index contributed by atoms with van der Waals surface area (Å²) in [4.78, 5) is 16.5. The summed E-state index contributed by atoms with van der Waals surface area (Å²) in [5.41, 5.74) is 1.47. The van der Waals surface area contributed by atoms with Crippen LogP contribution in [0.3, 0.4) is 0 Å². The normalized spacial score (nSPS) is 10.3. The van der Waals surface area contributed by atoms with Gasteiger partial charge in [-0.1, -0.05) is 36.4 Å². The molecular weight excluding hydrogens is 292 g/mol. The van der Waals surface area contributed by atoms with Crippen LogP contribution in [-0.4, -0.2) is 27.3 Å². The van der Waals surface area contributed by atoms with Gasteiger partial charge in [0, 0.05) is 5.69 Å². The van der Waals surface area contributed by atoms with Crippen LogP contribution in [0.15, 0.2) is 60.7 Å². The lowest BCUT2D eigenvalue weighted by molar-refractivity contribution is 0.101. The Balaban J connectivity index is 1.90. The van der Waals surface area contributed by atoms with Gasteiger partial charge in [0.2, 0.25) is 5.82 Å². The Labute approximate surface area is 133 Å². The molecule has 6 nitrogen and oxygen atoms in total. The van der Waals surface area contributed by atoms with Gasteiger partial charge in [0.1, 0.15) is 0 Å². The molecule has 116 valence electrons. The van der Waals surface area contributed by atoms with Gasteiger partial charge in [-0.3, -0.25) is 4.79 Å². The zero-order chi connectivity index (χ0) is 16.1. The number of rotatable bonds is 5. The minimum Gasteiger partial charge on any atom is -0.464 e. The maximum absolute atomic E-state index is 12.3. The van der Waals surface area contributed by atoms with E-state index in [1.807, 2.05) is 55.5 Å². The first-order valence-electron chi connectivity index (χ1n) is 7.29. The molecule has 1 heterocycles. The molecule has 0 saturated heterocycles. The summed E-state index contributed by atoms with van der Waals surface area (Å²) in [5.74, 6) is -0.326. The molecule has 0 atom stereocenters. The number of hydrogen-bond acceptors (Lipinski definition) is 4. The smallest absolute Gasteiger partial charge is 0.320 e. The Morgan fingerprint density at radius 1 is 1.09 bits per heavy atom. The average Bonchev–Trinajstić information content (AvgIpc) is 3.01. The second kappa shape index (κ2) is 6.74. The highest BCUT2D eigenvalue weighted by Gasteiger charge is 2.18. The average molecular weight is 308 g/mol. The summed E-state index contributed by atoms with van der Waals surface area (Å²) in [5, 5.41) is 7.02. The predicted octanol–water partition coefficient (Wildman–Crippen LogP) is 2.92. The maximum Gasteiger partial charge on any atom is 0.320 e. The Morgan fingerprint density at radius 3 is 2.39 bits per heavy atom. The van der Waals surface area contributed by atoms with Crippen molar-refractivity contribution in [3.63, 3.8) is 0 Å². The molecule has 0 bridgehead atoms. The number of aromatic nitrogens is 3. The summed E-state index contributed by atoms with van der Waals surface area (Å²) < 4.78 is 7.00. The minimum absolute atomic E-state index is 0.0566. The number of ether oxygens (including phenoxy) is 1. The van der Waals surface area contributed by atoms with Crippen molar-refractivity contribution < 1.29 is 9.53 Å². The second-order valence-electron chi connectivity index (χ2n) is 4.72. The van der Waals surface area contributed by atoms with E-state index in [9.17, 15) is 4.79 Å². The van der Waals surface area contributed by atoms with E-state index in [1.54, 1.807) is 12.1 Å². The number of amides is 1. The van der Waals surface area contributed by atoms with Crippen LogP contribution < -0.4 is 10.1 Å². The number of nitrogens with zero attached hydrogens (tertiary/aromatic N) is 3. The predicted molar refractivity (Wildman–Crippen MR) is 86.9 cm³/mol. The molecule has 0 fully saturated rings. The SMILES string of the molecule is CCOc1nc(C(=O)Nc2ccccc2)nn1-c1ccccc1. The molecule has 6 heteroatoms. The second-order valence-corrected chi connectivity index (χ2v) is 4.72. The molecule has 1 aromatic heterocycles. The molecule has 1 amide bonds. The molecule has 0 aliphatic rings. The first-order chi connectivity index (χ1) is 11.3. The molecule has 2 aromatic carbocycles. The Morgan fingerprint density at radius 2 is 1.74 bits per heavy atom. The molecule has 0 saturated carbocycles. The van der Waals surface area contributed by atoms with Crippen LogP contribution in [-0.2, 0) is 0 Å². The van der Waals surface area contributed by atoms with Gasteiger partial charge in [-0.15, -0.1) is 5.10 Å². The molecule has 0 aliphatic carbocycles. The van der Waals surface area contributed by atoms with Gasteiger partial charge in [0.15, 0.2) is 0 Å². The maximum atomic E-state index is 12.3. The standard InChI is InChI=1S/C17H16N4O2/c1-2-23-17-19-15(16(22)18-13-9-5-3-6-10-13)20-21(17)14-11-7-4-8-12-14/h3-12H,2H2,1H3,(H,18,22). The lowest BCUT2D eigenvalue weighted by atomic mass is 10.3. The lowest BCUT2D eigenvalue weighted by Crippen LogP contribution is -2.14. The highest BCUT2D eigenvalue weighted by Crippen LogP contribution is 2.16. The molecule has 0 spiro atoms. The summed E-state index contributed by atoms with van der Waals surface area (Å²) in [7, 11) is 0. The van der Waals surface area contributed by atoms with Crippen molar-refractivity contribution in [2.45, 2.75) is 6.92 Å². The van der Waals surface area contributed by atoms with Gasteiger partial charge >= 0.3 is 6.01 Å². The Hall–Kier alpha value is -3.15. The summed E-state index contributed by atoms with van der Waals surface area (Å²) in [6, 6.07) is 18.9. The first-order valence-corrected chi connectivity index (χ1v) is 7.29. The summed E-state index contributed by atoms with van der Waals surface area (Å²) in [6.07, 6.45) is 0. The molecule has 0 aliphatic heterocycles. The topological polar surface area (TPSA) is 69.0 Å². The van der Waals surface area contributed by atoms with Crippen molar-refractivity contribution in [2.24, 2.45) is 0 Å². The third-order valence-corrected chi connectivity index (χ3v) is 3.09. The Bertz CT molecular complexity index is 785. The van der Waals surface area contributed by atoms with Crippen LogP contribution in [0.1, 0.15) is 17.5 Å². The minimum atomic E-state index is -0.383. The zero-order valence-electron chi connectivity index (χ0n) is 12.6. The van der Waals surface area contributed by atoms with E-state index in [0.717, 1.165) is 5.69 Å². The van der Waals surface area contributed by atoms with E-state index >= 15 is 0 Å². The third-order valence-electron chi connectivity index (χ3n) is 3.09. The van der Waals surface area contributed by atoms with E-state index in [4.69, 9.17) is 4.74 Å². The van der Waals surface area contributed by atoms with Gasteiger partial charge in [-0.05, 0) is 31.2 Å². The van der Waals surface area contributed by atoms with E-state index in [1.165, 1.54) is 4.68 Å². The fourth-order valence-electron chi connectivity index (χ4n) is 2.06. The number of carbonyl (C=O) groups excluding carboxylic acids is 1. The van der Waals surface area contributed by atoms with Gasteiger partial charge in [0.25, 0.3) is 5.91 Å². The number of nitrogens with one attached hydrogen (secondary N) is 1. The molecule has 3 aromatic rings. The number of para-hydroxylation sites is 2. The van der Waals surface area contributed by atoms with Crippen LogP contribution in [0.2, 0.25) is 0 Å². The number of hydrogen-bond donors (Lipinski definition) is 1. The molecule has 3 rings (SSSR count). The van der Waals surface area contributed by atoms with Crippen LogP contribution in [0.4, 0.5) is 5.69 Å². The van der Waals surface area contributed by atoms with Crippen molar-refractivity contribution in [3.05, 3.63) is 66.5 Å². The van der Waals surface area contributed by atoms with Crippen LogP contribution in [0.25, 0.3) is 5.69 Å². The zero-order valence-corrected chi connectivity index (χ0v) is 12.6. The van der Waals surface area contributed by atoms with Gasteiger partial charge in [0.05, 0.1) is 12.3 Å². The largest absolute Gasteiger partial charge is 0.464 e. The van der Waals surface area contributed by atoms with Crippen LogP contribution in [0.5, 0.6) is 6.01 Å². The molecular formula is C17H16N4O2. The van der Waals surface area contributed by atoms with Crippen molar-refractivity contribution in [3.8, 4) is 11.7 Å². The number of carbonyl (C=O) groups is 1. The lowest BCUT2D eigenvalue weighted by Gasteiger charge is -2.04. The van der Waals surface area contributed by atoms with Gasteiger partial charge in [-0.2, -0.15) is 9.67 Å². The molecule has 23 heavy (non-hydrogen) atoms. The van der Waals surface area contributed by atoms with E-state index in [-0.39, 0.29) is 17.7 Å². The van der Waals surface area contributed by atoms with E-state index < -0.39 is 0 Å². The number of benzene rings is 2. The fraction of sp³-hybridized carbons (Fsp3) is 0.118. The fourth-order valence-corrected chi connectivity index (χ4v) is 2.06. The summed E-state index contributed by atoms with van der Waals surface area (Å²) >= 11 is 0. The van der Waals surface area contributed by atoms with Crippen LogP contribution >= 0.6 is 0 Å². The third kappa shape index (κ3) is 3.37. The van der Waals surface area contributed by atoms with E-state index in [0.29, 0.717) is 12.3 Å². The van der Waals surface area contributed by atoms with Crippen LogP contribution in [0, 0.1) is 0 Å². The van der Waals surface area contributed by atoms with E-state index in [2.05, 4.69) is 15.4 Å². The monoisotopic (exact) mass is 308 g/mol. The summed E-state index contributed by atoms with van der Waals surface area (Å²) in [6.45, 7) is 2.29. The van der Waals surface area contributed by atoms with Crippen molar-refractivity contribution in [2.75, 3.05) is 11.9 Å². The number of anilines is 1. The highest BCUT2D eigenvalue weighted by molar-refractivity contribution is 6.01. The quantitative estimate of drug-likeness (QED) is 0.787. The van der Waals surface area contributed by atoms with Crippen molar-refractivity contribution in [1.29, 1.82) is 0 Å². The molecule has 0 radical (unpaired) electrons. The first kappa shape index (κ1) is 14.8. The molecule has 0 unspecified atom stereocenters. The van der Waals surface area contributed by atoms with Crippen molar-refractivity contribution >= 4 is 11.6 Å². The Kier molecular flexibility index (Phi) is 4.33. The molecule has 1 N–H and O–H groups in total. The van der Waals surface area contributed by atoms with Crippen molar-refractivity contribution in [1.82, 2.24) is 14.8 Å².